The fraction of sp³-hybridized carbons (Fsp3) is 0. The molecule has 0 aliphatic heterocycles. The van der Waals surface area contributed by atoms with E-state index in [4.69, 9.17) is 19.7 Å². The predicted molar refractivity (Wildman–Crippen MR) is 152 cm³/mol. The highest BCUT2D eigenvalue weighted by Crippen LogP contribution is 2.41. The van der Waals surface area contributed by atoms with Crippen LogP contribution in [0.3, 0.4) is 0 Å². The van der Waals surface area contributed by atoms with Crippen molar-refractivity contribution in [2.45, 2.75) is 0 Å². The van der Waals surface area contributed by atoms with Crippen molar-refractivity contribution in [3.05, 3.63) is 146 Å². The lowest BCUT2D eigenvalue weighted by Gasteiger charge is -2.27. The molecule has 0 N–H and O–H groups in total. The Balaban J connectivity index is 1.46. The first kappa shape index (κ1) is 23.1. The summed E-state index contributed by atoms with van der Waals surface area (Å²) in [5.41, 5.74) is 4.68. The van der Waals surface area contributed by atoms with Gasteiger partial charge in [-0.1, -0.05) is 109 Å². The maximum Gasteiger partial charge on any atom is 0.326 e. The number of hydrogen-bond acceptors (Lipinski definition) is 5. The SMILES string of the molecule is c1ccc(-c2nc(Oc3ccccc3N(c3ccccc3)c3ccccc3)nc(-c3ccccc3)n2)cc1. The number of ether oxygens (including phenoxy) is 1. The third kappa shape index (κ3) is 4.99. The minimum absolute atomic E-state index is 0.228. The molecule has 0 unspecified atom stereocenters. The highest BCUT2D eigenvalue weighted by molar-refractivity contribution is 5.80. The predicted octanol–water partition coefficient (Wildman–Crippen LogP) is 8.47. The highest BCUT2D eigenvalue weighted by Gasteiger charge is 2.19. The van der Waals surface area contributed by atoms with Crippen LogP contribution in [0.1, 0.15) is 0 Å². The lowest BCUT2D eigenvalue weighted by Crippen LogP contribution is -2.11. The molecule has 0 spiro atoms. The molecular formula is C33H24N4O. The third-order valence-corrected chi connectivity index (χ3v) is 6.02. The van der Waals surface area contributed by atoms with E-state index in [9.17, 15) is 0 Å². The van der Waals surface area contributed by atoms with E-state index in [0.717, 1.165) is 28.2 Å². The molecule has 5 nitrogen and oxygen atoms in total. The van der Waals surface area contributed by atoms with Crippen LogP contribution in [-0.4, -0.2) is 15.0 Å². The zero-order valence-electron chi connectivity index (χ0n) is 20.6. The minimum Gasteiger partial charge on any atom is -0.422 e. The third-order valence-electron chi connectivity index (χ3n) is 6.02. The molecule has 5 aromatic carbocycles. The van der Waals surface area contributed by atoms with Crippen LogP contribution in [-0.2, 0) is 0 Å². The molecule has 6 aromatic rings. The van der Waals surface area contributed by atoms with Gasteiger partial charge in [0, 0.05) is 22.5 Å². The summed E-state index contributed by atoms with van der Waals surface area (Å²) in [5.74, 6) is 1.73. The average Bonchev–Trinajstić information content (AvgIpc) is 3.00. The van der Waals surface area contributed by atoms with Gasteiger partial charge in [-0.05, 0) is 36.4 Å². The van der Waals surface area contributed by atoms with Gasteiger partial charge < -0.3 is 9.64 Å². The Kier molecular flexibility index (Phi) is 6.55. The Morgan fingerprint density at radius 2 is 0.842 bits per heavy atom. The van der Waals surface area contributed by atoms with Crippen LogP contribution in [0.5, 0.6) is 11.8 Å². The molecule has 0 aliphatic carbocycles. The molecule has 1 aromatic heterocycles. The molecule has 182 valence electrons. The summed E-state index contributed by atoms with van der Waals surface area (Å²) in [6.45, 7) is 0. The van der Waals surface area contributed by atoms with Crippen molar-refractivity contribution in [3.63, 3.8) is 0 Å². The number of benzene rings is 5. The molecule has 1 heterocycles. The largest absolute Gasteiger partial charge is 0.422 e. The molecule has 38 heavy (non-hydrogen) atoms. The van der Waals surface area contributed by atoms with Crippen LogP contribution in [0.15, 0.2) is 146 Å². The normalized spacial score (nSPS) is 10.6. The molecular weight excluding hydrogens is 468 g/mol. The second-order valence-electron chi connectivity index (χ2n) is 8.57. The number of anilines is 3. The second-order valence-corrected chi connectivity index (χ2v) is 8.57. The summed E-state index contributed by atoms with van der Waals surface area (Å²) in [4.78, 5) is 16.3. The maximum absolute atomic E-state index is 6.45. The summed E-state index contributed by atoms with van der Waals surface area (Å²) in [6, 6.07) is 48.3. The van der Waals surface area contributed by atoms with Crippen molar-refractivity contribution in [3.8, 4) is 34.5 Å². The summed E-state index contributed by atoms with van der Waals surface area (Å²) in [7, 11) is 0. The van der Waals surface area contributed by atoms with E-state index in [2.05, 4.69) is 29.2 Å². The van der Waals surface area contributed by atoms with E-state index in [1.807, 2.05) is 121 Å². The van der Waals surface area contributed by atoms with Gasteiger partial charge in [0.15, 0.2) is 17.4 Å². The summed E-state index contributed by atoms with van der Waals surface area (Å²) in [5, 5.41) is 0. The van der Waals surface area contributed by atoms with Crippen molar-refractivity contribution in [1.82, 2.24) is 15.0 Å². The van der Waals surface area contributed by atoms with Crippen LogP contribution in [0.4, 0.5) is 17.1 Å². The van der Waals surface area contributed by atoms with Gasteiger partial charge in [0.2, 0.25) is 0 Å². The van der Waals surface area contributed by atoms with E-state index in [-0.39, 0.29) is 6.01 Å². The Labute approximate surface area is 221 Å². The Bertz CT molecular complexity index is 1530. The number of nitrogens with zero attached hydrogens (tertiary/aromatic N) is 4. The van der Waals surface area contributed by atoms with Crippen LogP contribution < -0.4 is 9.64 Å². The quantitative estimate of drug-likeness (QED) is 0.224. The van der Waals surface area contributed by atoms with E-state index in [0.29, 0.717) is 17.4 Å². The van der Waals surface area contributed by atoms with Gasteiger partial charge in [-0.25, -0.2) is 4.98 Å². The molecule has 0 bridgehead atoms. The molecule has 5 heteroatoms. The first-order valence-electron chi connectivity index (χ1n) is 12.4. The van der Waals surface area contributed by atoms with Crippen molar-refractivity contribution in [2.75, 3.05) is 4.90 Å². The Morgan fingerprint density at radius 1 is 0.421 bits per heavy atom. The van der Waals surface area contributed by atoms with E-state index >= 15 is 0 Å². The zero-order valence-corrected chi connectivity index (χ0v) is 20.6. The second kappa shape index (κ2) is 10.8. The van der Waals surface area contributed by atoms with Gasteiger partial charge >= 0.3 is 6.01 Å². The lowest BCUT2D eigenvalue weighted by atomic mass is 10.2. The molecule has 0 saturated carbocycles. The van der Waals surface area contributed by atoms with Crippen molar-refractivity contribution >= 4 is 17.1 Å². The molecule has 0 amide bonds. The van der Waals surface area contributed by atoms with Gasteiger partial charge in [-0.15, -0.1) is 0 Å². The lowest BCUT2D eigenvalue weighted by molar-refractivity contribution is 0.442. The van der Waals surface area contributed by atoms with Crippen LogP contribution in [0.2, 0.25) is 0 Å². The smallest absolute Gasteiger partial charge is 0.326 e. The highest BCUT2D eigenvalue weighted by atomic mass is 16.5. The topological polar surface area (TPSA) is 51.1 Å². The van der Waals surface area contributed by atoms with E-state index in [1.54, 1.807) is 0 Å². The molecule has 0 saturated heterocycles. The maximum atomic E-state index is 6.45. The monoisotopic (exact) mass is 492 g/mol. The molecule has 0 fully saturated rings. The van der Waals surface area contributed by atoms with Gasteiger partial charge in [0.25, 0.3) is 0 Å². The first-order chi connectivity index (χ1) is 18.8. The summed E-state index contributed by atoms with van der Waals surface area (Å²) < 4.78 is 6.45. The average molecular weight is 493 g/mol. The number of hydrogen-bond donors (Lipinski definition) is 0. The molecule has 0 radical (unpaired) electrons. The van der Waals surface area contributed by atoms with E-state index in [1.165, 1.54) is 0 Å². The molecule has 0 atom stereocenters. The van der Waals surface area contributed by atoms with Gasteiger partial charge in [-0.2, -0.15) is 9.97 Å². The fourth-order valence-electron chi connectivity index (χ4n) is 4.24. The van der Waals surface area contributed by atoms with Crippen LogP contribution in [0.25, 0.3) is 22.8 Å². The minimum atomic E-state index is 0.228. The summed E-state index contributed by atoms with van der Waals surface area (Å²) in [6.07, 6.45) is 0. The van der Waals surface area contributed by atoms with E-state index < -0.39 is 0 Å². The molecule has 6 rings (SSSR count). The van der Waals surface area contributed by atoms with Gasteiger partial charge in [0.05, 0.1) is 5.69 Å². The van der Waals surface area contributed by atoms with Gasteiger partial charge in [-0.3, -0.25) is 0 Å². The number of aromatic nitrogens is 3. The number of para-hydroxylation sites is 4. The van der Waals surface area contributed by atoms with Crippen molar-refractivity contribution < 1.29 is 4.74 Å². The van der Waals surface area contributed by atoms with Crippen LogP contribution in [0, 0.1) is 0 Å². The van der Waals surface area contributed by atoms with Crippen molar-refractivity contribution in [1.29, 1.82) is 0 Å². The van der Waals surface area contributed by atoms with Crippen molar-refractivity contribution in [2.24, 2.45) is 0 Å². The Morgan fingerprint density at radius 3 is 1.34 bits per heavy atom. The standard InChI is InChI=1S/C33H24N4O/c1-5-15-25(16-6-1)31-34-32(26-17-7-2-8-18-26)36-33(35-31)38-30-24-14-13-23-29(30)37(27-19-9-3-10-20-27)28-21-11-4-12-22-28/h1-24H. The Hall–Kier alpha value is -5.29. The molecule has 0 aliphatic rings. The fourth-order valence-corrected chi connectivity index (χ4v) is 4.24. The number of rotatable bonds is 7. The summed E-state index contributed by atoms with van der Waals surface area (Å²) >= 11 is 0. The first-order valence-corrected chi connectivity index (χ1v) is 12.4. The van der Waals surface area contributed by atoms with Crippen LogP contribution >= 0.6 is 0 Å². The van der Waals surface area contributed by atoms with Gasteiger partial charge in [0.1, 0.15) is 0 Å². The zero-order chi connectivity index (χ0) is 25.6.